The monoisotopic (exact) mass is 447 g/mol. The van der Waals surface area contributed by atoms with E-state index in [4.69, 9.17) is 4.74 Å². The lowest BCUT2D eigenvalue weighted by Crippen LogP contribution is -2.16. The summed E-state index contributed by atoms with van der Waals surface area (Å²) in [5, 5.41) is -0.242. The third-order valence-electron chi connectivity index (χ3n) is 4.64. The van der Waals surface area contributed by atoms with Gasteiger partial charge in [-0.2, -0.15) is 0 Å². The Morgan fingerprint density at radius 1 is 0.844 bits per heavy atom. The minimum atomic E-state index is -4.78. The second kappa shape index (κ2) is 7.99. The Bertz CT molecular complexity index is 1340. The molecule has 0 spiro atoms. The Hall–Kier alpha value is -3.88. The van der Waals surface area contributed by atoms with Gasteiger partial charge in [-0.15, -0.1) is 13.2 Å². The lowest BCUT2D eigenvalue weighted by Gasteiger charge is -2.11. The number of fused-ring (bicyclic) bond motifs is 1. The predicted octanol–water partition coefficient (Wildman–Crippen LogP) is 6.47. The quantitative estimate of drug-likeness (QED) is 0.365. The molecule has 4 rings (SSSR count). The van der Waals surface area contributed by atoms with Crippen LogP contribution in [0, 0.1) is 18.6 Å². The summed E-state index contributed by atoms with van der Waals surface area (Å²) in [6, 6.07) is 12.8. The molecule has 0 aliphatic heterocycles. The number of aromatic amines is 1. The molecule has 0 atom stereocenters. The number of alkyl halides is 3. The average molecular weight is 447 g/mol. The molecule has 3 aromatic carbocycles. The van der Waals surface area contributed by atoms with Crippen molar-refractivity contribution in [3.63, 3.8) is 0 Å². The van der Waals surface area contributed by atoms with Gasteiger partial charge >= 0.3 is 6.36 Å². The molecular weight excluding hydrogens is 433 g/mol. The molecule has 0 aliphatic carbocycles. The van der Waals surface area contributed by atoms with Crippen LogP contribution >= 0.6 is 0 Å². The fraction of sp³-hybridized carbons (Fsp3) is 0.0870. The van der Waals surface area contributed by atoms with E-state index in [0.717, 1.165) is 18.2 Å². The zero-order valence-electron chi connectivity index (χ0n) is 16.4. The summed E-state index contributed by atoms with van der Waals surface area (Å²) in [6.07, 6.45) is -4.78. The Morgan fingerprint density at radius 2 is 1.41 bits per heavy atom. The number of ether oxygens (including phenoxy) is 2. The van der Waals surface area contributed by atoms with Crippen LogP contribution < -0.4 is 14.9 Å². The lowest BCUT2D eigenvalue weighted by atomic mass is 10.0. The van der Waals surface area contributed by atoms with Gasteiger partial charge in [-0.1, -0.05) is 12.1 Å². The number of rotatable bonds is 4. The molecule has 0 bridgehead atoms. The minimum Gasteiger partial charge on any atom is -0.457 e. The molecule has 9 heteroatoms. The third-order valence-corrected chi connectivity index (χ3v) is 4.64. The van der Waals surface area contributed by atoms with Gasteiger partial charge < -0.3 is 14.5 Å². The van der Waals surface area contributed by atoms with Crippen LogP contribution in [0.3, 0.4) is 0 Å². The lowest BCUT2D eigenvalue weighted by molar-refractivity contribution is -0.274. The molecule has 1 heterocycles. The number of pyridine rings is 1. The molecule has 4 nitrogen and oxygen atoms in total. The fourth-order valence-electron chi connectivity index (χ4n) is 3.35. The number of aryl methyl sites for hydroxylation is 1. The smallest absolute Gasteiger partial charge is 0.457 e. The van der Waals surface area contributed by atoms with Gasteiger partial charge in [0.05, 0.1) is 10.9 Å². The van der Waals surface area contributed by atoms with Crippen LogP contribution in [0.25, 0.3) is 22.0 Å². The molecular formula is C23H14F5NO3. The van der Waals surface area contributed by atoms with E-state index in [1.54, 1.807) is 31.2 Å². The summed E-state index contributed by atoms with van der Waals surface area (Å²) < 4.78 is 73.8. The highest BCUT2D eigenvalue weighted by molar-refractivity contribution is 5.85. The van der Waals surface area contributed by atoms with Crippen molar-refractivity contribution < 1.29 is 31.4 Å². The normalized spacial score (nSPS) is 11.6. The standard InChI is InChI=1S/C23H14F5NO3/c1-12-20(22(30)21-18(25)10-14(24)11-19(21)29-12)13-2-4-15(5-3-13)31-16-6-8-17(9-7-16)32-23(26,27)28/h2-11H,1H3,(H,29,30). The number of halogens is 5. The number of nitrogens with one attached hydrogen (secondary N) is 1. The second-order valence-electron chi connectivity index (χ2n) is 6.91. The van der Waals surface area contributed by atoms with E-state index in [1.165, 1.54) is 12.1 Å². The predicted molar refractivity (Wildman–Crippen MR) is 108 cm³/mol. The van der Waals surface area contributed by atoms with Crippen molar-refractivity contribution >= 4 is 10.9 Å². The summed E-state index contributed by atoms with van der Waals surface area (Å²) in [5.41, 5.74) is 0.620. The van der Waals surface area contributed by atoms with Crippen molar-refractivity contribution in [2.75, 3.05) is 0 Å². The molecule has 0 saturated heterocycles. The van der Waals surface area contributed by atoms with E-state index in [0.29, 0.717) is 23.1 Å². The molecule has 32 heavy (non-hydrogen) atoms. The Kier molecular flexibility index (Phi) is 5.33. The van der Waals surface area contributed by atoms with Gasteiger partial charge in [0.1, 0.15) is 28.9 Å². The molecule has 1 aromatic heterocycles. The van der Waals surface area contributed by atoms with Crippen molar-refractivity contribution in [2.45, 2.75) is 13.3 Å². The molecule has 0 saturated carbocycles. The van der Waals surface area contributed by atoms with E-state index < -0.39 is 23.4 Å². The number of aromatic nitrogens is 1. The largest absolute Gasteiger partial charge is 0.573 e. The summed E-state index contributed by atoms with van der Waals surface area (Å²) in [5.74, 6) is -1.49. The molecule has 4 aromatic rings. The van der Waals surface area contributed by atoms with Crippen LogP contribution in [0.2, 0.25) is 0 Å². The topological polar surface area (TPSA) is 51.3 Å². The number of hydrogen-bond acceptors (Lipinski definition) is 3. The third kappa shape index (κ3) is 4.41. The SMILES string of the molecule is Cc1[nH]c2cc(F)cc(F)c2c(=O)c1-c1ccc(Oc2ccc(OC(F)(F)F)cc2)cc1. The van der Waals surface area contributed by atoms with Gasteiger partial charge in [-0.3, -0.25) is 4.79 Å². The van der Waals surface area contributed by atoms with Crippen molar-refractivity contribution in [1.82, 2.24) is 4.98 Å². The molecule has 1 N–H and O–H groups in total. The van der Waals surface area contributed by atoms with Crippen LogP contribution in [-0.4, -0.2) is 11.3 Å². The Morgan fingerprint density at radius 3 is 2.00 bits per heavy atom. The number of H-pyrrole nitrogens is 1. The highest BCUT2D eigenvalue weighted by Crippen LogP contribution is 2.29. The number of benzene rings is 3. The molecule has 0 unspecified atom stereocenters. The van der Waals surface area contributed by atoms with Gasteiger partial charge in [-0.25, -0.2) is 8.78 Å². The summed E-state index contributed by atoms with van der Waals surface area (Å²) in [6.45, 7) is 1.62. The molecule has 0 fully saturated rings. The average Bonchev–Trinajstić information content (AvgIpc) is 2.69. The zero-order valence-corrected chi connectivity index (χ0v) is 16.4. The maximum Gasteiger partial charge on any atom is 0.573 e. The van der Waals surface area contributed by atoms with Crippen molar-refractivity contribution in [2.24, 2.45) is 0 Å². The summed E-state index contributed by atoms with van der Waals surface area (Å²) >= 11 is 0. The van der Waals surface area contributed by atoms with Gasteiger partial charge in [0.25, 0.3) is 0 Å². The van der Waals surface area contributed by atoms with Gasteiger partial charge in [0, 0.05) is 17.3 Å². The van der Waals surface area contributed by atoms with Crippen LogP contribution in [0.1, 0.15) is 5.69 Å². The Labute approximate surface area is 177 Å². The highest BCUT2D eigenvalue weighted by atomic mass is 19.4. The Balaban J connectivity index is 1.60. The van der Waals surface area contributed by atoms with E-state index in [1.807, 2.05) is 0 Å². The first kappa shape index (κ1) is 21.4. The van der Waals surface area contributed by atoms with Crippen LogP contribution in [0.4, 0.5) is 22.0 Å². The van der Waals surface area contributed by atoms with Gasteiger partial charge in [0.15, 0.2) is 5.43 Å². The van der Waals surface area contributed by atoms with E-state index in [-0.39, 0.29) is 28.0 Å². The van der Waals surface area contributed by atoms with Crippen molar-refractivity contribution in [1.29, 1.82) is 0 Å². The maximum atomic E-state index is 14.2. The van der Waals surface area contributed by atoms with Crippen LogP contribution in [-0.2, 0) is 0 Å². The first-order chi connectivity index (χ1) is 15.1. The second-order valence-corrected chi connectivity index (χ2v) is 6.91. The first-order valence-electron chi connectivity index (χ1n) is 9.26. The number of hydrogen-bond donors (Lipinski definition) is 1. The summed E-state index contributed by atoms with van der Waals surface area (Å²) in [7, 11) is 0. The molecule has 0 aliphatic rings. The van der Waals surface area contributed by atoms with Gasteiger partial charge in [-0.05, 0) is 55.0 Å². The van der Waals surface area contributed by atoms with Crippen molar-refractivity contribution in [3.8, 4) is 28.4 Å². The van der Waals surface area contributed by atoms with E-state index >= 15 is 0 Å². The van der Waals surface area contributed by atoms with E-state index in [2.05, 4.69) is 9.72 Å². The highest BCUT2D eigenvalue weighted by Gasteiger charge is 2.31. The first-order valence-corrected chi connectivity index (χ1v) is 9.26. The minimum absolute atomic E-state index is 0.0617. The van der Waals surface area contributed by atoms with E-state index in [9.17, 15) is 26.7 Å². The molecule has 0 amide bonds. The van der Waals surface area contributed by atoms with Gasteiger partial charge in [0.2, 0.25) is 0 Å². The van der Waals surface area contributed by atoms with Crippen LogP contribution in [0.5, 0.6) is 17.2 Å². The molecule has 164 valence electrons. The van der Waals surface area contributed by atoms with Crippen molar-refractivity contribution in [3.05, 3.63) is 88.2 Å². The summed E-state index contributed by atoms with van der Waals surface area (Å²) in [4.78, 5) is 15.7. The molecule has 0 radical (unpaired) electrons. The maximum absolute atomic E-state index is 14.2. The zero-order chi connectivity index (χ0) is 23.0. The fourth-order valence-corrected chi connectivity index (χ4v) is 3.35. The van der Waals surface area contributed by atoms with Crippen LogP contribution in [0.15, 0.2) is 65.5 Å².